The average molecular weight is 218 g/mol. The Kier molecular flexibility index (Phi) is 6.70. The Hall–Kier alpha value is -1.10. The standard InChI is InChI=1S/C10H18O5/c1-3-4-7(2)15-10(14)8(11)5-6-9(12)13/h7-8,11H,3-6H2,1-2H3,(H,12,13). The quantitative estimate of drug-likeness (QED) is 0.621. The Morgan fingerprint density at radius 1 is 1.33 bits per heavy atom. The van der Waals surface area contributed by atoms with Crippen LogP contribution >= 0.6 is 0 Å². The summed E-state index contributed by atoms with van der Waals surface area (Å²) in [7, 11) is 0. The first-order valence-electron chi connectivity index (χ1n) is 5.07. The summed E-state index contributed by atoms with van der Waals surface area (Å²) in [6.07, 6.45) is -0.287. The molecule has 0 heterocycles. The molecule has 2 N–H and O–H groups in total. The van der Waals surface area contributed by atoms with Crippen LogP contribution in [-0.4, -0.2) is 34.4 Å². The Balaban J connectivity index is 3.82. The molecular weight excluding hydrogens is 200 g/mol. The van der Waals surface area contributed by atoms with Crippen molar-refractivity contribution in [1.29, 1.82) is 0 Å². The number of aliphatic hydroxyl groups excluding tert-OH is 1. The highest BCUT2D eigenvalue weighted by molar-refractivity contribution is 5.75. The molecule has 0 amide bonds. The minimum atomic E-state index is -1.33. The summed E-state index contributed by atoms with van der Waals surface area (Å²) in [5, 5.41) is 17.6. The molecule has 5 heteroatoms. The molecule has 0 aromatic rings. The maximum atomic E-state index is 11.2. The molecule has 0 aromatic carbocycles. The molecular formula is C10H18O5. The highest BCUT2D eigenvalue weighted by Gasteiger charge is 2.19. The van der Waals surface area contributed by atoms with Crippen molar-refractivity contribution < 1.29 is 24.5 Å². The van der Waals surface area contributed by atoms with Gasteiger partial charge in [-0.1, -0.05) is 13.3 Å². The molecule has 0 bridgehead atoms. The lowest BCUT2D eigenvalue weighted by Crippen LogP contribution is -2.27. The monoisotopic (exact) mass is 218 g/mol. The van der Waals surface area contributed by atoms with E-state index in [1.807, 2.05) is 6.92 Å². The fourth-order valence-electron chi connectivity index (χ4n) is 1.12. The second kappa shape index (κ2) is 7.23. The lowest BCUT2D eigenvalue weighted by molar-refractivity contribution is -0.159. The molecule has 0 spiro atoms. The minimum Gasteiger partial charge on any atom is -0.481 e. The number of carbonyl (C=O) groups is 2. The number of aliphatic hydroxyl groups is 1. The van der Waals surface area contributed by atoms with Gasteiger partial charge in [-0.05, 0) is 19.8 Å². The smallest absolute Gasteiger partial charge is 0.335 e. The topological polar surface area (TPSA) is 83.8 Å². The Morgan fingerprint density at radius 3 is 2.40 bits per heavy atom. The highest BCUT2D eigenvalue weighted by Crippen LogP contribution is 2.05. The first-order chi connectivity index (χ1) is 6.97. The summed E-state index contributed by atoms with van der Waals surface area (Å²) in [6.45, 7) is 3.70. The van der Waals surface area contributed by atoms with E-state index in [9.17, 15) is 14.7 Å². The van der Waals surface area contributed by atoms with Crippen LogP contribution in [0.15, 0.2) is 0 Å². The number of rotatable bonds is 7. The van der Waals surface area contributed by atoms with Crippen LogP contribution in [0.2, 0.25) is 0 Å². The van der Waals surface area contributed by atoms with Gasteiger partial charge >= 0.3 is 11.9 Å². The van der Waals surface area contributed by atoms with Gasteiger partial charge in [0, 0.05) is 6.42 Å². The Morgan fingerprint density at radius 2 is 1.93 bits per heavy atom. The summed E-state index contributed by atoms with van der Waals surface area (Å²) in [4.78, 5) is 21.4. The van der Waals surface area contributed by atoms with E-state index >= 15 is 0 Å². The van der Waals surface area contributed by atoms with E-state index in [4.69, 9.17) is 9.84 Å². The van der Waals surface area contributed by atoms with Crippen LogP contribution < -0.4 is 0 Å². The SMILES string of the molecule is CCCC(C)OC(=O)C(O)CCC(=O)O. The fourth-order valence-corrected chi connectivity index (χ4v) is 1.12. The van der Waals surface area contributed by atoms with E-state index in [0.717, 1.165) is 12.8 Å². The lowest BCUT2D eigenvalue weighted by Gasteiger charge is -2.14. The molecule has 0 aromatic heterocycles. The normalized spacial score (nSPS) is 14.3. The molecule has 0 radical (unpaired) electrons. The zero-order valence-corrected chi connectivity index (χ0v) is 9.10. The predicted octanol–water partition coefficient (Wildman–Crippen LogP) is 0.944. The zero-order chi connectivity index (χ0) is 11.8. The lowest BCUT2D eigenvalue weighted by atomic mass is 10.2. The molecule has 0 aliphatic rings. The summed E-state index contributed by atoms with van der Waals surface area (Å²) < 4.78 is 4.90. The number of esters is 1. The number of carbonyl (C=O) groups excluding carboxylic acids is 1. The van der Waals surface area contributed by atoms with Gasteiger partial charge in [-0.2, -0.15) is 0 Å². The van der Waals surface area contributed by atoms with Crippen molar-refractivity contribution >= 4 is 11.9 Å². The average Bonchev–Trinajstić information content (AvgIpc) is 2.14. The van der Waals surface area contributed by atoms with Gasteiger partial charge in [0.25, 0.3) is 0 Å². The van der Waals surface area contributed by atoms with Gasteiger partial charge < -0.3 is 14.9 Å². The van der Waals surface area contributed by atoms with Crippen LogP contribution in [0.3, 0.4) is 0 Å². The molecule has 0 aliphatic carbocycles. The van der Waals surface area contributed by atoms with Crippen molar-refractivity contribution in [1.82, 2.24) is 0 Å². The van der Waals surface area contributed by atoms with E-state index in [0.29, 0.717) is 0 Å². The van der Waals surface area contributed by atoms with Gasteiger partial charge in [0.2, 0.25) is 0 Å². The molecule has 0 rings (SSSR count). The second-order valence-corrected chi connectivity index (χ2v) is 3.48. The van der Waals surface area contributed by atoms with E-state index < -0.39 is 18.0 Å². The van der Waals surface area contributed by atoms with E-state index in [2.05, 4.69) is 0 Å². The predicted molar refractivity (Wildman–Crippen MR) is 53.3 cm³/mol. The van der Waals surface area contributed by atoms with E-state index in [1.165, 1.54) is 0 Å². The third kappa shape index (κ3) is 6.90. The summed E-state index contributed by atoms with van der Waals surface area (Å²) in [5.74, 6) is -1.78. The van der Waals surface area contributed by atoms with Gasteiger partial charge in [0.15, 0.2) is 6.10 Å². The molecule has 2 unspecified atom stereocenters. The minimum absolute atomic E-state index is 0.104. The van der Waals surface area contributed by atoms with Crippen molar-refractivity contribution in [2.75, 3.05) is 0 Å². The van der Waals surface area contributed by atoms with E-state index in [-0.39, 0.29) is 18.9 Å². The largest absolute Gasteiger partial charge is 0.481 e. The molecule has 0 fully saturated rings. The number of carboxylic acids is 1. The number of carboxylic acid groups (broad SMARTS) is 1. The van der Waals surface area contributed by atoms with Crippen molar-refractivity contribution in [3.63, 3.8) is 0 Å². The van der Waals surface area contributed by atoms with Crippen LogP contribution in [0.25, 0.3) is 0 Å². The van der Waals surface area contributed by atoms with Crippen LogP contribution in [0.5, 0.6) is 0 Å². The second-order valence-electron chi connectivity index (χ2n) is 3.48. The maximum Gasteiger partial charge on any atom is 0.335 e. The molecule has 5 nitrogen and oxygen atoms in total. The number of ether oxygens (including phenoxy) is 1. The van der Waals surface area contributed by atoms with Crippen molar-refractivity contribution in [3.8, 4) is 0 Å². The third-order valence-electron chi connectivity index (χ3n) is 1.92. The first-order valence-corrected chi connectivity index (χ1v) is 5.07. The first kappa shape index (κ1) is 13.9. The van der Waals surface area contributed by atoms with Gasteiger partial charge in [0.05, 0.1) is 6.10 Å². The van der Waals surface area contributed by atoms with Crippen LogP contribution in [0.1, 0.15) is 39.5 Å². The van der Waals surface area contributed by atoms with Gasteiger partial charge in [-0.25, -0.2) is 4.79 Å². The number of hydrogen-bond donors (Lipinski definition) is 2. The summed E-state index contributed by atoms with van der Waals surface area (Å²) in [6, 6.07) is 0. The van der Waals surface area contributed by atoms with Crippen LogP contribution in [-0.2, 0) is 14.3 Å². The molecule has 15 heavy (non-hydrogen) atoms. The molecule has 0 aliphatic heterocycles. The molecule has 0 saturated carbocycles. The van der Waals surface area contributed by atoms with Crippen LogP contribution in [0, 0.1) is 0 Å². The third-order valence-corrected chi connectivity index (χ3v) is 1.92. The molecule has 0 saturated heterocycles. The zero-order valence-electron chi connectivity index (χ0n) is 9.10. The van der Waals surface area contributed by atoms with Gasteiger partial charge in [-0.3, -0.25) is 4.79 Å². The maximum absolute atomic E-state index is 11.2. The van der Waals surface area contributed by atoms with Gasteiger partial charge in [0.1, 0.15) is 0 Å². The number of hydrogen-bond acceptors (Lipinski definition) is 4. The van der Waals surface area contributed by atoms with Crippen molar-refractivity contribution in [2.45, 2.75) is 51.7 Å². The fraction of sp³-hybridized carbons (Fsp3) is 0.800. The van der Waals surface area contributed by atoms with Crippen molar-refractivity contribution in [2.24, 2.45) is 0 Å². The van der Waals surface area contributed by atoms with Crippen molar-refractivity contribution in [3.05, 3.63) is 0 Å². The molecule has 88 valence electrons. The Labute approximate surface area is 89.0 Å². The Bertz CT molecular complexity index is 214. The van der Waals surface area contributed by atoms with E-state index in [1.54, 1.807) is 6.92 Å². The summed E-state index contributed by atoms with van der Waals surface area (Å²) in [5.41, 5.74) is 0. The number of aliphatic carboxylic acids is 1. The van der Waals surface area contributed by atoms with Crippen LogP contribution in [0.4, 0.5) is 0 Å². The van der Waals surface area contributed by atoms with Gasteiger partial charge in [-0.15, -0.1) is 0 Å². The molecule has 2 atom stereocenters. The highest BCUT2D eigenvalue weighted by atomic mass is 16.6. The summed E-state index contributed by atoms with van der Waals surface area (Å²) >= 11 is 0.